The number of aliphatic hydroxyl groups excluding tert-OH is 1. The van der Waals surface area contributed by atoms with Crippen molar-refractivity contribution in [2.75, 3.05) is 13.1 Å². The lowest BCUT2D eigenvalue weighted by molar-refractivity contribution is -0.274. The molecule has 1 aromatic carbocycles. The molecule has 3 rings (SSSR count). The summed E-state index contributed by atoms with van der Waals surface area (Å²) in [6.07, 6.45) is -4.74. The third-order valence-corrected chi connectivity index (χ3v) is 4.05. The molecule has 0 spiro atoms. The number of aromatic nitrogens is 1. The van der Waals surface area contributed by atoms with Gasteiger partial charge in [-0.1, -0.05) is 17.3 Å². The molecular weight excluding hydrogens is 339 g/mol. The molecule has 2 heterocycles. The number of aliphatic hydroxyl groups is 1. The molecular formula is C16H18F3N3O3. The van der Waals surface area contributed by atoms with Crippen molar-refractivity contribution in [3.05, 3.63) is 36.1 Å². The number of hydrogen-bond acceptors (Lipinski definition) is 6. The number of benzene rings is 1. The molecule has 0 bridgehead atoms. The highest BCUT2D eigenvalue weighted by Crippen LogP contribution is 2.33. The van der Waals surface area contributed by atoms with Crippen molar-refractivity contribution in [1.82, 2.24) is 10.1 Å². The lowest BCUT2D eigenvalue weighted by Gasteiger charge is -2.33. The normalized spacial score (nSPS) is 22.1. The molecule has 1 aliphatic rings. The Kier molecular flexibility index (Phi) is 4.98. The topological polar surface area (TPSA) is 84.8 Å². The predicted molar refractivity (Wildman–Crippen MR) is 82.5 cm³/mol. The molecule has 1 saturated heterocycles. The van der Waals surface area contributed by atoms with E-state index in [0.717, 1.165) is 0 Å². The molecule has 0 aliphatic carbocycles. The minimum Gasteiger partial charge on any atom is -0.405 e. The van der Waals surface area contributed by atoms with Gasteiger partial charge in [-0.05, 0) is 18.6 Å². The monoisotopic (exact) mass is 357 g/mol. The number of para-hydroxylation sites is 1. The number of nitrogens with two attached hydrogens (primary N) is 1. The molecule has 0 amide bonds. The predicted octanol–water partition coefficient (Wildman–Crippen LogP) is 2.13. The van der Waals surface area contributed by atoms with Crippen molar-refractivity contribution in [2.45, 2.75) is 31.5 Å². The van der Waals surface area contributed by atoms with E-state index in [1.807, 2.05) is 4.90 Å². The number of alkyl halides is 3. The van der Waals surface area contributed by atoms with Crippen LogP contribution in [0.5, 0.6) is 5.75 Å². The quantitative estimate of drug-likeness (QED) is 0.872. The molecule has 136 valence electrons. The van der Waals surface area contributed by atoms with Gasteiger partial charge >= 0.3 is 6.36 Å². The zero-order chi connectivity index (χ0) is 18.0. The molecule has 9 heteroatoms. The van der Waals surface area contributed by atoms with E-state index in [1.54, 1.807) is 12.1 Å². The Morgan fingerprint density at radius 1 is 1.36 bits per heavy atom. The summed E-state index contributed by atoms with van der Waals surface area (Å²) in [4.78, 5) is 1.95. The molecule has 1 fully saturated rings. The van der Waals surface area contributed by atoms with E-state index in [0.29, 0.717) is 31.8 Å². The Morgan fingerprint density at radius 3 is 2.84 bits per heavy atom. The van der Waals surface area contributed by atoms with Gasteiger partial charge in [0.15, 0.2) is 5.76 Å². The van der Waals surface area contributed by atoms with Crippen LogP contribution in [0.25, 0.3) is 11.3 Å². The van der Waals surface area contributed by atoms with Crippen LogP contribution in [0.2, 0.25) is 0 Å². The minimum atomic E-state index is -4.79. The zero-order valence-electron chi connectivity index (χ0n) is 13.2. The van der Waals surface area contributed by atoms with Crippen LogP contribution in [0.15, 0.2) is 34.9 Å². The van der Waals surface area contributed by atoms with Gasteiger partial charge in [0.05, 0.1) is 12.6 Å². The van der Waals surface area contributed by atoms with Crippen LogP contribution in [-0.2, 0) is 6.54 Å². The number of piperidine rings is 1. The van der Waals surface area contributed by atoms with Crippen molar-refractivity contribution in [2.24, 2.45) is 5.73 Å². The number of hydrogen-bond donors (Lipinski definition) is 2. The Bertz CT molecular complexity index is 720. The Hall–Kier alpha value is -2.10. The smallest absolute Gasteiger partial charge is 0.405 e. The van der Waals surface area contributed by atoms with Crippen LogP contribution in [0.1, 0.15) is 12.2 Å². The van der Waals surface area contributed by atoms with Crippen LogP contribution < -0.4 is 10.5 Å². The van der Waals surface area contributed by atoms with Gasteiger partial charge in [0.25, 0.3) is 0 Å². The second kappa shape index (κ2) is 7.03. The van der Waals surface area contributed by atoms with Crippen molar-refractivity contribution in [3.8, 4) is 17.0 Å². The molecule has 0 saturated carbocycles. The molecule has 0 unspecified atom stereocenters. The number of nitrogens with zero attached hydrogens (tertiary/aromatic N) is 2. The zero-order valence-corrected chi connectivity index (χ0v) is 13.2. The highest BCUT2D eigenvalue weighted by atomic mass is 19.4. The summed E-state index contributed by atoms with van der Waals surface area (Å²) in [6.45, 7) is 1.49. The van der Waals surface area contributed by atoms with Gasteiger partial charge < -0.3 is 20.1 Å². The van der Waals surface area contributed by atoms with E-state index in [-0.39, 0.29) is 23.0 Å². The first-order chi connectivity index (χ1) is 11.8. The maximum absolute atomic E-state index is 12.5. The third kappa shape index (κ3) is 4.50. The summed E-state index contributed by atoms with van der Waals surface area (Å²) < 4.78 is 46.8. The van der Waals surface area contributed by atoms with Crippen LogP contribution in [-0.4, -0.2) is 46.8 Å². The van der Waals surface area contributed by atoms with E-state index in [4.69, 9.17) is 10.3 Å². The number of rotatable bonds is 4. The summed E-state index contributed by atoms with van der Waals surface area (Å²) >= 11 is 0. The fraction of sp³-hybridized carbons (Fsp3) is 0.438. The SMILES string of the molecule is N[C@@H]1CCN(Cc2cc(-c3ccccc3OC(F)(F)F)no2)C[C@H]1O. The van der Waals surface area contributed by atoms with Crippen LogP contribution in [0, 0.1) is 0 Å². The summed E-state index contributed by atoms with van der Waals surface area (Å²) in [6, 6.07) is 7.07. The van der Waals surface area contributed by atoms with Gasteiger partial charge in [0, 0.05) is 30.8 Å². The average Bonchev–Trinajstić information content (AvgIpc) is 2.98. The highest BCUT2D eigenvalue weighted by Gasteiger charge is 2.32. The summed E-state index contributed by atoms with van der Waals surface area (Å²) in [5.41, 5.74) is 6.21. The van der Waals surface area contributed by atoms with E-state index in [9.17, 15) is 18.3 Å². The molecule has 2 atom stereocenters. The first-order valence-corrected chi connectivity index (χ1v) is 7.78. The van der Waals surface area contributed by atoms with Gasteiger partial charge in [0.1, 0.15) is 11.4 Å². The van der Waals surface area contributed by atoms with E-state index in [2.05, 4.69) is 9.89 Å². The third-order valence-electron chi connectivity index (χ3n) is 4.05. The molecule has 1 aromatic heterocycles. The summed E-state index contributed by atoms with van der Waals surface area (Å²) in [7, 11) is 0. The first kappa shape index (κ1) is 17.7. The van der Waals surface area contributed by atoms with Crippen molar-refractivity contribution in [1.29, 1.82) is 0 Å². The fourth-order valence-electron chi connectivity index (χ4n) is 2.79. The Morgan fingerprint density at radius 2 is 2.12 bits per heavy atom. The maximum Gasteiger partial charge on any atom is 0.573 e. The van der Waals surface area contributed by atoms with E-state index >= 15 is 0 Å². The van der Waals surface area contributed by atoms with Crippen molar-refractivity contribution in [3.63, 3.8) is 0 Å². The van der Waals surface area contributed by atoms with Gasteiger partial charge in [-0.15, -0.1) is 13.2 Å². The van der Waals surface area contributed by atoms with Gasteiger partial charge in [-0.2, -0.15) is 0 Å². The molecule has 0 radical (unpaired) electrons. The van der Waals surface area contributed by atoms with Crippen LogP contribution in [0.3, 0.4) is 0 Å². The molecule has 25 heavy (non-hydrogen) atoms. The van der Waals surface area contributed by atoms with E-state index < -0.39 is 12.5 Å². The lowest BCUT2D eigenvalue weighted by Crippen LogP contribution is -2.50. The van der Waals surface area contributed by atoms with Crippen molar-refractivity contribution >= 4 is 0 Å². The lowest BCUT2D eigenvalue weighted by atomic mass is 10.0. The first-order valence-electron chi connectivity index (χ1n) is 7.78. The van der Waals surface area contributed by atoms with Crippen molar-refractivity contribution < 1.29 is 27.5 Å². The fourth-order valence-corrected chi connectivity index (χ4v) is 2.79. The molecule has 6 nitrogen and oxygen atoms in total. The number of β-amino-alcohol motifs (C(OH)–C–C–N with tert-alkyl or cyclic N) is 1. The average molecular weight is 357 g/mol. The second-order valence-electron chi connectivity index (χ2n) is 5.98. The van der Waals surface area contributed by atoms with E-state index in [1.165, 1.54) is 18.2 Å². The number of ether oxygens (including phenoxy) is 1. The number of likely N-dealkylation sites (tertiary alicyclic amines) is 1. The minimum absolute atomic E-state index is 0.190. The van der Waals surface area contributed by atoms with Crippen LogP contribution >= 0.6 is 0 Å². The summed E-state index contributed by atoms with van der Waals surface area (Å²) in [5, 5.41) is 13.7. The Labute approximate surface area is 142 Å². The molecule has 3 N–H and O–H groups in total. The largest absolute Gasteiger partial charge is 0.573 e. The molecule has 2 aromatic rings. The van der Waals surface area contributed by atoms with Gasteiger partial charge in [-0.25, -0.2) is 0 Å². The second-order valence-corrected chi connectivity index (χ2v) is 5.98. The van der Waals surface area contributed by atoms with Gasteiger partial charge in [0.2, 0.25) is 0 Å². The number of halogens is 3. The summed E-state index contributed by atoms with van der Waals surface area (Å²) in [5.74, 6) is 0.147. The standard InChI is InChI=1S/C16H18F3N3O3/c17-16(18,19)24-15-4-2-1-3-11(15)13-7-10(25-21-13)8-22-6-5-12(20)14(23)9-22/h1-4,7,12,14,23H,5-6,8-9,20H2/t12-,14-/m1/s1. The highest BCUT2D eigenvalue weighted by molar-refractivity contribution is 5.66. The molecule has 1 aliphatic heterocycles. The van der Waals surface area contributed by atoms with Crippen LogP contribution in [0.4, 0.5) is 13.2 Å². The Balaban J connectivity index is 1.74. The van der Waals surface area contributed by atoms with Gasteiger partial charge in [-0.3, -0.25) is 4.90 Å². The maximum atomic E-state index is 12.5.